The van der Waals surface area contributed by atoms with Gasteiger partial charge in [0.05, 0.1) is 6.10 Å². The molecule has 1 heterocycles. The number of hydrogen-bond donors (Lipinski definition) is 1. The summed E-state index contributed by atoms with van der Waals surface area (Å²) in [5, 5.41) is 8.60. The Morgan fingerprint density at radius 2 is 2.06 bits per heavy atom. The van der Waals surface area contributed by atoms with Gasteiger partial charge in [0.25, 0.3) is 0 Å². The number of ether oxygens (including phenoxy) is 1. The van der Waals surface area contributed by atoms with Crippen LogP contribution in [-0.2, 0) is 4.74 Å². The molecule has 16 heavy (non-hydrogen) atoms. The quantitative estimate of drug-likeness (QED) is 0.779. The first-order valence-corrected chi connectivity index (χ1v) is 5.08. The normalized spacial score (nSPS) is 12.1. The molecule has 1 N–H and O–H groups in total. The Morgan fingerprint density at radius 3 is 2.56 bits per heavy atom. The largest absolute Gasteiger partial charge is 0.475 e. The van der Waals surface area contributed by atoms with E-state index in [4.69, 9.17) is 14.3 Å². The third kappa shape index (κ3) is 3.12. The monoisotopic (exact) mass is 226 g/mol. The average Bonchev–Trinajstić information content (AvgIpc) is 2.66. The summed E-state index contributed by atoms with van der Waals surface area (Å²) in [6.07, 6.45) is 1.47. The average molecular weight is 226 g/mol. The summed E-state index contributed by atoms with van der Waals surface area (Å²) in [5.74, 6) is -2.19. The first-order valence-electron chi connectivity index (χ1n) is 5.08. The predicted molar refractivity (Wildman–Crippen MR) is 55.5 cm³/mol. The fourth-order valence-electron chi connectivity index (χ4n) is 1.27. The van der Waals surface area contributed by atoms with E-state index >= 15 is 0 Å². The van der Waals surface area contributed by atoms with Crippen molar-refractivity contribution in [3.05, 3.63) is 23.7 Å². The van der Waals surface area contributed by atoms with Crippen molar-refractivity contribution in [1.82, 2.24) is 0 Å². The topological polar surface area (TPSA) is 76.7 Å². The highest BCUT2D eigenvalue weighted by Crippen LogP contribution is 2.11. The molecule has 0 saturated heterocycles. The molecule has 1 aromatic rings. The van der Waals surface area contributed by atoms with Gasteiger partial charge in [0, 0.05) is 0 Å². The standard InChI is InChI=1S/C11H14O5/c1-3-4-7(2)15-11(14)9-6-5-8(16-9)10(12)13/h5-7H,3-4H2,1-2H3,(H,12,13). The summed E-state index contributed by atoms with van der Waals surface area (Å²) < 4.78 is 9.86. The van der Waals surface area contributed by atoms with Crippen LogP contribution in [0.1, 0.15) is 47.8 Å². The molecular formula is C11H14O5. The van der Waals surface area contributed by atoms with E-state index in [-0.39, 0.29) is 17.6 Å². The van der Waals surface area contributed by atoms with Crippen molar-refractivity contribution in [3.8, 4) is 0 Å². The lowest BCUT2D eigenvalue weighted by Crippen LogP contribution is -2.14. The van der Waals surface area contributed by atoms with Crippen molar-refractivity contribution >= 4 is 11.9 Å². The highest BCUT2D eigenvalue weighted by atomic mass is 16.6. The molecule has 0 fully saturated rings. The lowest BCUT2D eigenvalue weighted by molar-refractivity contribution is 0.0285. The molecule has 1 atom stereocenters. The van der Waals surface area contributed by atoms with Gasteiger partial charge in [-0.05, 0) is 25.5 Å². The lowest BCUT2D eigenvalue weighted by atomic mass is 10.2. The van der Waals surface area contributed by atoms with Crippen LogP contribution >= 0.6 is 0 Å². The number of carbonyl (C=O) groups is 2. The molecule has 0 aliphatic rings. The van der Waals surface area contributed by atoms with Crippen LogP contribution in [0.4, 0.5) is 0 Å². The number of esters is 1. The molecule has 1 aromatic heterocycles. The number of carboxylic acid groups (broad SMARTS) is 1. The van der Waals surface area contributed by atoms with Crippen molar-refractivity contribution in [1.29, 1.82) is 0 Å². The first-order chi connectivity index (χ1) is 7.54. The van der Waals surface area contributed by atoms with Crippen LogP contribution in [0, 0.1) is 0 Å². The summed E-state index contributed by atoms with van der Waals surface area (Å²) in [4.78, 5) is 22.0. The maximum atomic E-state index is 11.5. The summed E-state index contributed by atoms with van der Waals surface area (Å²) in [7, 11) is 0. The minimum absolute atomic E-state index is 0.0830. The fraction of sp³-hybridized carbons (Fsp3) is 0.455. The van der Waals surface area contributed by atoms with Crippen molar-refractivity contribution in [2.45, 2.75) is 32.8 Å². The van der Waals surface area contributed by atoms with Crippen LogP contribution in [0.5, 0.6) is 0 Å². The molecule has 0 aromatic carbocycles. The second-order valence-electron chi connectivity index (χ2n) is 3.47. The van der Waals surface area contributed by atoms with Crippen LogP contribution in [0.3, 0.4) is 0 Å². The van der Waals surface area contributed by atoms with E-state index in [1.165, 1.54) is 12.1 Å². The van der Waals surface area contributed by atoms with Crippen molar-refractivity contribution in [2.75, 3.05) is 0 Å². The molecular weight excluding hydrogens is 212 g/mol. The van der Waals surface area contributed by atoms with Gasteiger partial charge >= 0.3 is 11.9 Å². The third-order valence-electron chi connectivity index (χ3n) is 2.02. The zero-order valence-electron chi connectivity index (χ0n) is 9.23. The Hall–Kier alpha value is -1.78. The highest BCUT2D eigenvalue weighted by molar-refractivity contribution is 5.90. The van der Waals surface area contributed by atoms with Gasteiger partial charge in [-0.3, -0.25) is 0 Å². The van der Waals surface area contributed by atoms with E-state index in [0.29, 0.717) is 0 Å². The zero-order chi connectivity index (χ0) is 12.1. The van der Waals surface area contributed by atoms with Gasteiger partial charge < -0.3 is 14.3 Å². The van der Waals surface area contributed by atoms with E-state index < -0.39 is 11.9 Å². The molecule has 1 unspecified atom stereocenters. The van der Waals surface area contributed by atoms with Crippen LogP contribution in [0.15, 0.2) is 16.5 Å². The number of carbonyl (C=O) groups excluding carboxylic acids is 1. The number of aromatic carboxylic acids is 1. The predicted octanol–water partition coefficient (Wildman–Crippen LogP) is 2.32. The van der Waals surface area contributed by atoms with Crippen LogP contribution in [0.25, 0.3) is 0 Å². The minimum Gasteiger partial charge on any atom is -0.475 e. The van der Waals surface area contributed by atoms with Crippen molar-refractivity contribution < 1.29 is 23.8 Å². The van der Waals surface area contributed by atoms with E-state index in [1.807, 2.05) is 6.92 Å². The van der Waals surface area contributed by atoms with Crippen LogP contribution in [0.2, 0.25) is 0 Å². The fourth-order valence-corrected chi connectivity index (χ4v) is 1.27. The Bertz CT molecular complexity index is 379. The number of furan rings is 1. The van der Waals surface area contributed by atoms with E-state index in [2.05, 4.69) is 0 Å². The summed E-state index contributed by atoms with van der Waals surface area (Å²) in [6.45, 7) is 3.77. The van der Waals surface area contributed by atoms with E-state index in [9.17, 15) is 9.59 Å². The van der Waals surface area contributed by atoms with Gasteiger partial charge in [-0.2, -0.15) is 0 Å². The molecule has 0 amide bonds. The van der Waals surface area contributed by atoms with E-state index in [1.54, 1.807) is 6.92 Å². The molecule has 5 nitrogen and oxygen atoms in total. The van der Waals surface area contributed by atoms with Gasteiger partial charge in [0.15, 0.2) is 0 Å². The maximum absolute atomic E-state index is 11.5. The van der Waals surface area contributed by atoms with Crippen molar-refractivity contribution in [3.63, 3.8) is 0 Å². The Kier molecular flexibility index (Phi) is 4.10. The molecule has 0 spiro atoms. The summed E-state index contributed by atoms with van der Waals surface area (Å²) in [6, 6.07) is 2.52. The maximum Gasteiger partial charge on any atom is 0.374 e. The lowest BCUT2D eigenvalue weighted by Gasteiger charge is -2.10. The molecule has 0 aliphatic heterocycles. The summed E-state index contributed by atoms with van der Waals surface area (Å²) >= 11 is 0. The van der Waals surface area contributed by atoms with Gasteiger partial charge in [0.1, 0.15) is 0 Å². The first kappa shape index (κ1) is 12.3. The number of carboxylic acids is 1. The Balaban J connectivity index is 2.62. The molecule has 0 bridgehead atoms. The van der Waals surface area contributed by atoms with E-state index in [0.717, 1.165) is 12.8 Å². The second-order valence-corrected chi connectivity index (χ2v) is 3.47. The van der Waals surface area contributed by atoms with Crippen LogP contribution in [-0.4, -0.2) is 23.1 Å². The smallest absolute Gasteiger partial charge is 0.374 e. The minimum atomic E-state index is -1.21. The summed E-state index contributed by atoms with van der Waals surface area (Å²) in [5.41, 5.74) is 0. The zero-order valence-corrected chi connectivity index (χ0v) is 9.23. The van der Waals surface area contributed by atoms with Gasteiger partial charge in [0.2, 0.25) is 11.5 Å². The Morgan fingerprint density at radius 1 is 1.44 bits per heavy atom. The SMILES string of the molecule is CCCC(C)OC(=O)c1ccc(C(=O)O)o1. The molecule has 0 aliphatic carbocycles. The van der Waals surface area contributed by atoms with Gasteiger partial charge in [-0.1, -0.05) is 13.3 Å². The third-order valence-corrected chi connectivity index (χ3v) is 2.02. The highest BCUT2D eigenvalue weighted by Gasteiger charge is 2.17. The van der Waals surface area contributed by atoms with Gasteiger partial charge in [-0.25, -0.2) is 9.59 Å². The number of rotatable bonds is 5. The van der Waals surface area contributed by atoms with Crippen LogP contribution < -0.4 is 0 Å². The Labute approximate surface area is 93.0 Å². The molecule has 0 radical (unpaired) electrons. The molecule has 88 valence electrons. The van der Waals surface area contributed by atoms with Crippen molar-refractivity contribution in [2.24, 2.45) is 0 Å². The van der Waals surface area contributed by atoms with Gasteiger partial charge in [-0.15, -0.1) is 0 Å². The molecule has 0 saturated carbocycles. The number of hydrogen-bond acceptors (Lipinski definition) is 4. The second kappa shape index (κ2) is 5.34. The molecule has 1 rings (SSSR count). The molecule has 5 heteroatoms.